The predicted octanol–water partition coefficient (Wildman–Crippen LogP) is 6.02. The van der Waals surface area contributed by atoms with Crippen molar-refractivity contribution in [3.8, 4) is 28.4 Å². The van der Waals surface area contributed by atoms with E-state index in [1.165, 1.54) is 6.07 Å². The Hall–Kier alpha value is -3.77. The van der Waals surface area contributed by atoms with Crippen molar-refractivity contribution in [2.75, 3.05) is 24.7 Å². The molecule has 2 N–H and O–H groups in total. The first-order valence-corrected chi connectivity index (χ1v) is 16.6. The second-order valence-corrected chi connectivity index (χ2v) is 14.5. The third-order valence-electron chi connectivity index (χ3n) is 8.93. The monoisotopic (exact) mass is 646 g/mol. The minimum absolute atomic E-state index is 0.0621. The minimum atomic E-state index is -4.59. The normalized spacial score (nSPS) is 21.4. The van der Waals surface area contributed by atoms with Crippen molar-refractivity contribution in [1.29, 1.82) is 0 Å². The summed E-state index contributed by atoms with van der Waals surface area (Å²) in [4.78, 5) is 11.2. The van der Waals surface area contributed by atoms with Gasteiger partial charge < -0.3 is 24.4 Å². The van der Waals surface area contributed by atoms with Gasteiger partial charge in [0.1, 0.15) is 35.6 Å². The lowest BCUT2D eigenvalue weighted by Gasteiger charge is -2.31. The molecule has 3 aromatic carbocycles. The maximum atomic E-state index is 14.1. The number of ether oxygens (including phenoxy) is 3. The van der Waals surface area contributed by atoms with E-state index in [2.05, 4.69) is 0 Å². The van der Waals surface area contributed by atoms with Gasteiger partial charge >= 0.3 is 12.1 Å². The van der Waals surface area contributed by atoms with Crippen molar-refractivity contribution in [3.05, 3.63) is 76.3 Å². The molecule has 1 aliphatic carbocycles. The van der Waals surface area contributed by atoms with Crippen molar-refractivity contribution >= 4 is 15.8 Å². The number of aliphatic carboxylic acids is 1. The first kappa shape index (κ1) is 31.2. The van der Waals surface area contributed by atoms with Gasteiger partial charge in [-0.05, 0) is 90.8 Å². The Kier molecular flexibility index (Phi) is 8.01. The van der Waals surface area contributed by atoms with E-state index in [1.807, 2.05) is 0 Å². The Labute approximate surface area is 258 Å². The highest BCUT2D eigenvalue weighted by molar-refractivity contribution is 7.91. The number of aliphatic hydroxyl groups is 1. The Morgan fingerprint density at radius 3 is 2.44 bits per heavy atom. The molecule has 2 atom stereocenters. The molecule has 8 nitrogen and oxygen atoms in total. The molecule has 2 aliphatic heterocycles. The molecule has 3 aliphatic rings. The zero-order chi connectivity index (χ0) is 32.1. The third-order valence-corrected chi connectivity index (χ3v) is 10.6. The molecule has 45 heavy (non-hydrogen) atoms. The molecular weight excluding hydrogens is 613 g/mol. The molecule has 0 aromatic heterocycles. The van der Waals surface area contributed by atoms with Gasteiger partial charge in [0.2, 0.25) is 0 Å². The smallest absolute Gasteiger partial charge is 0.416 e. The van der Waals surface area contributed by atoms with E-state index < -0.39 is 39.3 Å². The van der Waals surface area contributed by atoms with E-state index in [-0.39, 0.29) is 49.9 Å². The number of alkyl halides is 3. The van der Waals surface area contributed by atoms with Gasteiger partial charge in [-0.15, -0.1) is 0 Å². The molecule has 0 radical (unpaired) electrons. The summed E-state index contributed by atoms with van der Waals surface area (Å²) < 4.78 is 83.6. The Morgan fingerprint density at radius 1 is 1.02 bits per heavy atom. The van der Waals surface area contributed by atoms with Crippen LogP contribution < -0.4 is 14.2 Å². The van der Waals surface area contributed by atoms with E-state index in [4.69, 9.17) is 19.3 Å². The molecule has 0 saturated carbocycles. The fraction of sp³-hybridized carbons (Fsp3) is 0.424. The minimum Gasteiger partial charge on any atom is -0.492 e. The second-order valence-electron chi connectivity index (χ2n) is 12.2. The van der Waals surface area contributed by atoms with Crippen LogP contribution in [0.2, 0.25) is 0 Å². The van der Waals surface area contributed by atoms with Crippen molar-refractivity contribution in [3.63, 3.8) is 0 Å². The molecule has 2 heterocycles. The molecule has 1 fully saturated rings. The van der Waals surface area contributed by atoms with Crippen LogP contribution in [0, 0.1) is 6.92 Å². The number of hydrogen-bond donors (Lipinski definition) is 2. The highest BCUT2D eigenvalue weighted by atomic mass is 32.2. The average Bonchev–Trinajstić information content (AvgIpc) is 3.56. The largest absolute Gasteiger partial charge is 0.492 e. The summed E-state index contributed by atoms with van der Waals surface area (Å²) in [7, 11) is -3.16. The van der Waals surface area contributed by atoms with Crippen LogP contribution in [-0.2, 0) is 27.2 Å². The molecular formula is C33H33F3O8S. The highest BCUT2D eigenvalue weighted by Gasteiger charge is 2.38. The van der Waals surface area contributed by atoms with Crippen LogP contribution in [0.4, 0.5) is 13.2 Å². The molecule has 0 bridgehead atoms. The maximum absolute atomic E-state index is 14.1. The first-order chi connectivity index (χ1) is 21.2. The molecule has 0 amide bonds. The lowest BCUT2D eigenvalue weighted by Crippen LogP contribution is -2.43. The van der Waals surface area contributed by atoms with Gasteiger partial charge in [0.25, 0.3) is 0 Å². The summed E-state index contributed by atoms with van der Waals surface area (Å²) in [5.74, 6) is -0.0472. The molecule has 3 aromatic rings. The van der Waals surface area contributed by atoms with Crippen molar-refractivity contribution < 1.29 is 50.8 Å². The molecule has 1 saturated heterocycles. The topological polar surface area (TPSA) is 119 Å². The van der Waals surface area contributed by atoms with Crippen molar-refractivity contribution in [1.82, 2.24) is 0 Å². The van der Waals surface area contributed by atoms with Gasteiger partial charge in [0.15, 0.2) is 9.84 Å². The van der Waals surface area contributed by atoms with Gasteiger partial charge in [0.05, 0.1) is 30.1 Å². The van der Waals surface area contributed by atoms with Crippen LogP contribution >= 0.6 is 0 Å². The SMILES string of the molecule is Cc1cc(OCC2(O)CCS(=O)(=O)CC2)ccc1-c1cc(C(F)(F)F)cc2c1CC[C@H]2Oc1ccc2c(c1)OCC2CC(=O)O. The maximum Gasteiger partial charge on any atom is 0.416 e. The van der Waals surface area contributed by atoms with Crippen LogP contribution in [0.1, 0.15) is 65.5 Å². The number of sulfone groups is 1. The summed E-state index contributed by atoms with van der Waals surface area (Å²) >= 11 is 0. The van der Waals surface area contributed by atoms with Gasteiger partial charge in [-0.3, -0.25) is 4.79 Å². The molecule has 1 unspecified atom stereocenters. The summed E-state index contributed by atoms with van der Waals surface area (Å²) in [6.45, 7) is 1.93. The molecule has 12 heteroatoms. The Balaban J connectivity index is 1.25. The summed E-state index contributed by atoms with van der Waals surface area (Å²) in [5.41, 5.74) is 1.70. The number of hydrogen-bond acceptors (Lipinski definition) is 7. The number of carbonyl (C=O) groups is 1. The van der Waals surface area contributed by atoms with Crippen LogP contribution in [0.25, 0.3) is 11.1 Å². The molecule has 6 rings (SSSR count). The predicted molar refractivity (Wildman–Crippen MR) is 159 cm³/mol. The summed E-state index contributed by atoms with van der Waals surface area (Å²) in [6, 6.07) is 12.5. The number of fused-ring (bicyclic) bond motifs is 2. The number of benzene rings is 3. The zero-order valence-corrected chi connectivity index (χ0v) is 25.3. The standard InChI is InChI=1S/C33H33F3O8S/c1-19-12-22(43-18-32(39)8-10-45(40,41)11-9-32)2-4-24(19)27-14-21(33(34,35)36)15-28-26(27)6-7-29(28)44-23-3-5-25-20(13-31(37)38)17-42-30(25)16-23/h2-5,12,14-16,20,29,39H,6-11,13,17-18H2,1H3,(H,37,38)/t20?,29-/m1/s1. The van der Waals surface area contributed by atoms with E-state index >= 15 is 0 Å². The lowest BCUT2D eigenvalue weighted by molar-refractivity contribution is -0.138. The zero-order valence-electron chi connectivity index (χ0n) is 24.5. The quantitative estimate of drug-likeness (QED) is 0.305. The van der Waals surface area contributed by atoms with Gasteiger partial charge in [0, 0.05) is 17.5 Å². The van der Waals surface area contributed by atoms with Gasteiger partial charge in [-0.25, -0.2) is 8.42 Å². The van der Waals surface area contributed by atoms with Crippen LogP contribution in [0.5, 0.6) is 17.2 Å². The fourth-order valence-corrected chi connectivity index (χ4v) is 7.99. The summed E-state index contributed by atoms with van der Waals surface area (Å²) in [6.07, 6.45) is -4.14. The van der Waals surface area contributed by atoms with Crippen LogP contribution in [-0.4, -0.2) is 54.9 Å². The van der Waals surface area contributed by atoms with Crippen LogP contribution in [0.3, 0.4) is 0 Å². The van der Waals surface area contributed by atoms with Crippen molar-refractivity contribution in [2.45, 2.75) is 62.8 Å². The first-order valence-electron chi connectivity index (χ1n) is 14.8. The highest BCUT2D eigenvalue weighted by Crippen LogP contribution is 2.46. The van der Waals surface area contributed by atoms with Gasteiger partial charge in [-0.2, -0.15) is 13.2 Å². The summed E-state index contributed by atoms with van der Waals surface area (Å²) in [5, 5.41) is 19.9. The Morgan fingerprint density at radius 2 is 1.76 bits per heavy atom. The number of rotatable bonds is 8. The number of halogens is 3. The van der Waals surface area contributed by atoms with E-state index in [9.17, 15) is 31.5 Å². The number of aryl methyl sites for hydroxylation is 1. The average molecular weight is 647 g/mol. The Bertz CT molecular complexity index is 1740. The van der Waals surface area contributed by atoms with E-state index in [0.717, 1.165) is 17.2 Å². The second kappa shape index (κ2) is 11.5. The number of carboxylic acids is 1. The molecule has 240 valence electrons. The van der Waals surface area contributed by atoms with E-state index in [1.54, 1.807) is 43.3 Å². The lowest BCUT2D eigenvalue weighted by atomic mass is 9.91. The van der Waals surface area contributed by atoms with Crippen LogP contribution in [0.15, 0.2) is 48.5 Å². The van der Waals surface area contributed by atoms with Gasteiger partial charge in [-0.1, -0.05) is 12.1 Å². The fourth-order valence-electron chi connectivity index (χ4n) is 6.40. The number of carboxylic acid groups (broad SMARTS) is 1. The van der Waals surface area contributed by atoms with Crippen molar-refractivity contribution in [2.24, 2.45) is 0 Å². The third kappa shape index (κ3) is 6.62. The molecule has 0 spiro atoms. The van der Waals surface area contributed by atoms with E-state index in [0.29, 0.717) is 52.3 Å².